The highest BCUT2D eigenvalue weighted by Gasteiger charge is 2.42. The Labute approximate surface area is 110 Å². The van der Waals surface area contributed by atoms with Gasteiger partial charge >= 0.3 is 0 Å². The van der Waals surface area contributed by atoms with Crippen molar-refractivity contribution < 1.29 is 0 Å². The molecule has 1 fully saturated rings. The van der Waals surface area contributed by atoms with Crippen LogP contribution >= 0.6 is 11.6 Å². The summed E-state index contributed by atoms with van der Waals surface area (Å²) in [4.78, 5) is 0. The van der Waals surface area contributed by atoms with Gasteiger partial charge in [0.2, 0.25) is 0 Å². The fourth-order valence-electron chi connectivity index (χ4n) is 2.60. The molecule has 2 heteroatoms. The third-order valence-corrected chi connectivity index (χ3v) is 4.07. The summed E-state index contributed by atoms with van der Waals surface area (Å²) in [6.07, 6.45) is 4.80. The summed E-state index contributed by atoms with van der Waals surface area (Å²) >= 11 is 5.91. The van der Waals surface area contributed by atoms with E-state index < -0.39 is 0 Å². The van der Waals surface area contributed by atoms with Crippen LogP contribution in [-0.2, 0) is 5.41 Å². The largest absolute Gasteiger partial charge is 0.327 e. The third kappa shape index (κ3) is 2.83. The molecule has 2 rings (SSSR count). The molecule has 0 saturated heterocycles. The molecule has 0 radical (unpaired) electrons. The third-order valence-electron chi connectivity index (χ3n) is 3.81. The van der Waals surface area contributed by atoms with E-state index in [4.69, 9.17) is 17.3 Å². The zero-order valence-electron chi connectivity index (χ0n) is 11.2. The van der Waals surface area contributed by atoms with Gasteiger partial charge in [-0.1, -0.05) is 50.9 Å². The molecule has 2 N–H and O–H groups in total. The molecule has 0 spiro atoms. The Morgan fingerprint density at radius 2 is 1.76 bits per heavy atom. The monoisotopic (exact) mass is 253 g/mol. The molecular weight excluding hydrogens is 230 g/mol. The molecule has 1 aromatic carbocycles. The lowest BCUT2D eigenvalue weighted by molar-refractivity contribution is 0.192. The number of benzene rings is 1. The average molecular weight is 254 g/mol. The van der Waals surface area contributed by atoms with Crippen molar-refractivity contribution in [1.29, 1.82) is 0 Å². The predicted octanol–water partition coefficient (Wildman–Crippen LogP) is 4.53. The Bertz CT molecular complexity index is 327. The van der Waals surface area contributed by atoms with E-state index in [2.05, 4.69) is 19.1 Å². The van der Waals surface area contributed by atoms with Crippen molar-refractivity contribution in [2.24, 2.45) is 5.73 Å². The number of hydrogen-bond donors (Lipinski definition) is 1. The zero-order chi connectivity index (χ0) is 12.9. The van der Waals surface area contributed by atoms with Crippen molar-refractivity contribution in [2.45, 2.75) is 57.9 Å². The Morgan fingerprint density at radius 3 is 2.12 bits per heavy atom. The van der Waals surface area contributed by atoms with Gasteiger partial charge in [0.15, 0.2) is 0 Å². The van der Waals surface area contributed by atoms with E-state index in [1.54, 1.807) is 0 Å². The van der Waals surface area contributed by atoms with E-state index in [1.807, 2.05) is 26.0 Å². The fourth-order valence-corrected chi connectivity index (χ4v) is 2.73. The molecular formula is C15H24ClN. The molecule has 1 aromatic rings. The van der Waals surface area contributed by atoms with Crippen molar-refractivity contribution in [1.82, 2.24) is 0 Å². The highest BCUT2D eigenvalue weighted by atomic mass is 35.5. The lowest BCUT2D eigenvalue weighted by Gasteiger charge is -2.47. The average Bonchev–Trinajstić information content (AvgIpc) is 2.32. The van der Waals surface area contributed by atoms with Crippen LogP contribution in [0.2, 0.25) is 5.02 Å². The first-order valence-corrected chi connectivity index (χ1v) is 7.08. The van der Waals surface area contributed by atoms with E-state index >= 15 is 0 Å². The molecule has 1 atom stereocenters. The molecule has 1 nitrogen and oxygen atoms in total. The van der Waals surface area contributed by atoms with Crippen LogP contribution in [-0.4, -0.2) is 6.04 Å². The normalized spacial score (nSPS) is 18.6. The molecule has 1 unspecified atom stereocenters. The maximum absolute atomic E-state index is 6.25. The quantitative estimate of drug-likeness (QED) is 0.842. The van der Waals surface area contributed by atoms with Gasteiger partial charge in [-0.05, 0) is 37.0 Å². The summed E-state index contributed by atoms with van der Waals surface area (Å²) in [7, 11) is 0. The van der Waals surface area contributed by atoms with Crippen LogP contribution in [0.25, 0.3) is 0 Å². The second-order valence-electron chi connectivity index (χ2n) is 4.53. The molecule has 96 valence electrons. The van der Waals surface area contributed by atoms with E-state index in [0.717, 1.165) is 11.4 Å². The topological polar surface area (TPSA) is 26.0 Å². The molecule has 1 aliphatic carbocycles. The lowest BCUT2D eigenvalue weighted by atomic mass is 9.60. The van der Waals surface area contributed by atoms with E-state index in [1.165, 1.54) is 24.8 Å². The summed E-state index contributed by atoms with van der Waals surface area (Å²) in [6.45, 7) is 6.17. The van der Waals surface area contributed by atoms with Gasteiger partial charge in [-0.15, -0.1) is 0 Å². The Balaban J connectivity index is 0.000000686. The van der Waals surface area contributed by atoms with Gasteiger partial charge in [0.25, 0.3) is 0 Å². The Morgan fingerprint density at radius 1 is 1.24 bits per heavy atom. The molecule has 1 saturated carbocycles. The van der Waals surface area contributed by atoms with Crippen LogP contribution < -0.4 is 5.73 Å². The Hall–Kier alpha value is -0.530. The first kappa shape index (κ1) is 14.5. The standard InChI is InChI=1S/C13H18ClN.C2H6/c1-2-12(15)13(8-3-9-13)10-4-6-11(14)7-5-10;1-2/h4-7,12H,2-3,8-9,15H2,1H3;1-2H3. The minimum atomic E-state index is 0.235. The first-order valence-electron chi connectivity index (χ1n) is 6.70. The summed E-state index contributed by atoms with van der Waals surface area (Å²) < 4.78 is 0. The number of hydrogen-bond acceptors (Lipinski definition) is 1. The minimum absolute atomic E-state index is 0.235. The fraction of sp³-hybridized carbons (Fsp3) is 0.600. The van der Waals surface area contributed by atoms with Crippen LogP contribution in [0.4, 0.5) is 0 Å². The molecule has 0 amide bonds. The van der Waals surface area contributed by atoms with E-state index in [-0.39, 0.29) is 11.5 Å². The van der Waals surface area contributed by atoms with Crippen molar-refractivity contribution in [3.05, 3.63) is 34.9 Å². The van der Waals surface area contributed by atoms with Crippen molar-refractivity contribution in [2.75, 3.05) is 0 Å². The van der Waals surface area contributed by atoms with Gasteiger partial charge in [-0.2, -0.15) is 0 Å². The molecule has 0 aromatic heterocycles. The highest BCUT2D eigenvalue weighted by molar-refractivity contribution is 6.30. The number of rotatable bonds is 3. The zero-order valence-corrected chi connectivity index (χ0v) is 11.9. The summed E-state index contributed by atoms with van der Waals surface area (Å²) in [5, 5.41) is 0.804. The van der Waals surface area contributed by atoms with Gasteiger partial charge in [0.05, 0.1) is 0 Å². The lowest BCUT2D eigenvalue weighted by Crippen LogP contribution is -2.50. The molecule has 0 aliphatic heterocycles. The van der Waals surface area contributed by atoms with Crippen LogP contribution in [0.5, 0.6) is 0 Å². The van der Waals surface area contributed by atoms with Gasteiger partial charge < -0.3 is 5.73 Å². The Kier molecular flexibility index (Phi) is 5.48. The second kappa shape index (κ2) is 6.42. The molecule has 17 heavy (non-hydrogen) atoms. The molecule has 1 aliphatic rings. The SMILES string of the molecule is CC.CCC(N)C1(c2ccc(Cl)cc2)CCC1. The highest BCUT2D eigenvalue weighted by Crippen LogP contribution is 2.46. The summed E-state index contributed by atoms with van der Waals surface area (Å²) in [5.41, 5.74) is 7.85. The van der Waals surface area contributed by atoms with Crippen molar-refractivity contribution in [3.8, 4) is 0 Å². The van der Waals surface area contributed by atoms with Crippen molar-refractivity contribution in [3.63, 3.8) is 0 Å². The number of nitrogens with two attached hydrogens (primary N) is 1. The molecule has 0 heterocycles. The predicted molar refractivity (Wildman–Crippen MR) is 76.6 cm³/mol. The smallest absolute Gasteiger partial charge is 0.0406 e. The maximum Gasteiger partial charge on any atom is 0.0406 e. The van der Waals surface area contributed by atoms with Gasteiger partial charge in [-0.25, -0.2) is 0 Å². The van der Waals surface area contributed by atoms with E-state index in [0.29, 0.717) is 0 Å². The minimum Gasteiger partial charge on any atom is -0.327 e. The summed E-state index contributed by atoms with van der Waals surface area (Å²) in [5.74, 6) is 0. The van der Waals surface area contributed by atoms with Gasteiger partial charge in [0, 0.05) is 16.5 Å². The molecule has 0 bridgehead atoms. The maximum atomic E-state index is 6.25. The summed E-state index contributed by atoms with van der Waals surface area (Å²) in [6, 6.07) is 8.50. The van der Waals surface area contributed by atoms with Gasteiger partial charge in [0.1, 0.15) is 0 Å². The number of halogens is 1. The van der Waals surface area contributed by atoms with Crippen LogP contribution in [0.15, 0.2) is 24.3 Å². The second-order valence-corrected chi connectivity index (χ2v) is 4.97. The van der Waals surface area contributed by atoms with Crippen LogP contribution in [0.1, 0.15) is 52.0 Å². The van der Waals surface area contributed by atoms with Gasteiger partial charge in [-0.3, -0.25) is 0 Å². The van der Waals surface area contributed by atoms with E-state index in [9.17, 15) is 0 Å². The van der Waals surface area contributed by atoms with Crippen molar-refractivity contribution >= 4 is 11.6 Å². The first-order chi connectivity index (χ1) is 8.19. The van der Waals surface area contributed by atoms with Crippen LogP contribution in [0.3, 0.4) is 0 Å². The van der Waals surface area contributed by atoms with Crippen LogP contribution in [0, 0.1) is 0 Å².